The molecular formula is C22H25N5O4. The maximum absolute atomic E-state index is 13.2. The number of hydrogen-bond donors (Lipinski definition) is 0. The van der Waals surface area contributed by atoms with Crippen molar-refractivity contribution in [1.82, 2.24) is 24.9 Å². The molecule has 0 unspecified atom stereocenters. The smallest absolute Gasteiger partial charge is 0.347 e. The van der Waals surface area contributed by atoms with Crippen LogP contribution in [-0.4, -0.2) is 77.1 Å². The fourth-order valence-electron chi connectivity index (χ4n) is 2.83. The molecule has 0 aliphatic rings. The Balaban J connectivity index is 1.52. The highest BCUT2D eigenvalue weighted by Crippen LogP contribution is 2.11. The van der Waals surface area contributed by atoms with Crippen molar-refractivity contribution in [2.75, 3.05) is 46.2 Å². The van der Waals surface area contributed by atoms with Crippen molar-refractivity contribution in [2.24, 2.45) is 0 Å². The third-order valence-electron chi connectivity index (χ3n) is 4.33. The van der Waals surface area contributed by atoms with Crippen LogP contribution in [0.4, 0.5) is 4.79 Å². The molecule has 0 saturated heterocycles. The number of rotatable bonds is 12. The van der Waals surface area contributed by atoms with Gasteiger partial charge in [-0.2, -0.15) is 4.68 Å². The van der Waals surface area contributed by atoms with E-state index in [4.69, 9.17) is 20.6 Å². The van der Waals surface area contributed by atoms with Crippen LogP contribution < -0.4 is 0 Å². The summed E-state index contributed by atoms with van der Waals surface area (Å²) in [4.78, 5) is 19.0. The highest BCUT2D eigenvalue weighted by atomic mass is 16.5. The average molecular weight is 423 g/mol. The van der Waals surface area contributed by atoms with Crippen LogP contribution in [0.1, 0.15) is 5.56 Å². The molecule has 1 aromatic carbocycles. The van der Waals surface area contributed by atoms with E-state index < -0.39 is 0 Å². The summed E-state index contributed by atoms with van der Waals surface area (Å²) in [5, 5.41) is 7.96. The van der Waals surface area contributed by atoms with Gasteiger partial charge < -0.3 is 19.1 Å². The predicted octanol–water partition coefficient (Wildman–Crippen LogP) is 1.98. The summed E-state index contributed by atoms with van der Waals surface area (Å²) >= 11 is 0. The van der Waals surface area contributed by atoms with Crippen molar-refractivity contribution >= 4 is 17.2 Å². The molecule has 0 radical (unpaired) electrons. The first kappa shape index (κ1) is 22.4. The Labute approximate surface area is 180 Å². The third kappa shape index (κ3) is 6.86. The summed E-state index contributed by atoms with van der Waals surface area (Å²) in [7, 11) is 0. The Bertz CT molecular complexity index is 986. The number of nitrogens with zero attached hydrogens (tertiary/aromatic N) is 5. The summed E-state index contributed by atoms with van der Waals surface area (Å²) in [5.74, 6) is 2.40. The molecule has 0 saturated carbocycles. The molecule has 9 nitrogen and oxygen atoms in total. The number of carbonyl (C=O) groups is 1. The Hall–Kier alpha value is -3.32. The van der Waals surface area contributed by atoms with Crippen molar-refractivity contribution in [1.29, 1.82) is 0 Å². The van der Waals surface area contributed by atoms with Gasteiger partial charge in [-0.05, 0) is 17.7 Å². The fraction of sp³-hybridized carbons (Fsp3) is 0.364. The normalized spacial score (nSPS) is 10.8. The Morgan fingerprint density at radius 3 is 2.52 bits per heavy atom. The lowest BCUT2D eigenvalue weighted by atomic mass is 10.2. The number of aromatic nitrogens is 4. The Morgan fingerprint density at radius 2 is 1.74 bits per heavy atom. The lowest BCUT2D eigenvalue weighted by molar-refractivity contribution is 0.0170. The van der Waals surface area contributed by atoms with E-state index in [1.807, 2.05) is 30.3 Å². The van der Waals surface area contributed by atoms with E-state index in [1.54, 1.807) is 23.2 Å². The van der Waals surface area contributed by atoms with Gasteiger partial charge in [-0.25, -0.2) is 9.78 Å². The minimum atomic E-state index is -0.287. The zero-order chi connectivity index (χ0) is 21.7. The molecule has 2 heterocycles. The number of amides is 1. The summed E-state index contributed by atoms with van der Waals surface area (Å²) in [5.41, 5.74) is 2.00. The van der Waals surface area contributed by atoms with E-state index in [0.717, 1.165) is 5.56 Å². The Morgan fingerprint density at radius 1 is 1.00 bits per heavy atom. The quantitative estimate of drug-likeness (QED) is 0.325. The zero-order valence-corrected chi connectivity index (χ0v) is 17.2. The topological polar surface area (TPSA) is 91.6 Å². The molecule has 0 aliphatic carbocycles. The highest BCUT2D eigenvalue weighted by molar-refractivity contribution is 5.86. The molecule has 0 fully saturated rings. The van der Waals surface area contributed by atoms with Crippen LogP contribution in [0.25, 0.3) is 11.2 Å². The first-order valence-corrected chi connectivity index (χ1v) is 9.96. The minimum Gasteiger partial charge on any atom is -0.377 e. The van der Waals surface area contributed by atoms with Crippen molar-refractivity contribution in [3.63, 3.8) is 0 Å². The SMILES string of the molecule is C#CCOCCOCCOCCN(Cc1ccccc1)C(=O)n1nnc2ncccc21. The van der Waals surface area contributed by atoms with Gasteiger partial charge in [-0.3, -0.25) is 0 Å². The van der Waals surface area contributed by atoms with Crippen LogP contribution in [0.2, 0.25) is 0 Å². The largest absolute Gasteiger partial charge is 0.377 e. The van der Waals surface area contributed by atoms with Crippen LogP contribution >= 0.6 is 0 Å². The number of ether oxygens (including phenoxy) is 3. The molecular weight excluding hydrogens is 398 g/mol. The lowest BCUT2D eigenvalue weighted by Crippen LogP contribution is -2.37. The van der Waals surface area contributed by atoms with Crippen molar-refractivity contribution in [2.45, 2.75) is 6.54 Å². The number of carbonyl (C=O) groups excluding carboxylic acids is 1. The molecule has 0 spiro atoms. The lowest BCUT2D eigenvalue weighted by Gasteiger charge is -2.22. The fourth-order valence-corrected chi connectivity index (χ4v) is 2.83. The van der Waals surface area contributed by atoms with E-state index in [1.165, 1.54) is 4.68 Å². The molecule has 2 aromatic heterocycles. The van der Waals surface area contributed by atoms with Gasteiger partial charge >= 0.3 is 6.03 Å². The van der Waals surface area contributed by atoms with Gasteiger partial charge in [-0.1, -0.05) is 41.5 Å². The molecule has 0 N–H and O–H groups in total. The number of terminal acetylenes is 1. The van der Waals surface area contributed by atoms with Gasteiger partial charge in [0.1, 0.15) is 12.1 Å². The number of benzene rings is 1. The van der Waals surface area contributed by atoms with Crippen LogP contribution in [0, 0.1) is 12.3 Å². The minimum absolute atomic E-state index is 0.280. The zero-order valence-electron chi connectivity index (χ0n) is 17.2. The second-order valence-corrected chi connectivity index (χ2v) is 6.52. The molecule has 1 amide bonds. The van der Waals surface area contributed by atoms with E-state index in [9.17, 15) is 4.79 Å². The van der Waals surface area contributed by atoms with Gasteiger partial charge in [0.05, 0.1) is 33.0 Å². The molecule has 9 heteroatoms. The van der Waals surface area contributed by atoms with Crippen LogP contribution in [-0.2, 0) is 20.8 Å². The summed E-state index contributed by atoms with van der Waals surface area (Å²) in [6.45, 7) is 3.21. The van der Waals surface area contributed by atoms with Crippen molar-refractivity contribution in [3.8, 4) is 12.3 Å². The molecule has 31 heavy (non-hydrogen) atoms. The van der Waals surface area contributed by atoms with E-state index in [0.29, 0.717) is 57.3 Å². The second kappa shape index (κ2) is 12.4. The highest BCUT2D eigenvalue weighted by Gasteiger charge is 2.20. The summed E-state index contributed by atoms with van der Waals surface area (Å²) in [6.07, 6.45) is 6.72. The summed E-state index contributed by atoms with van der Waals surface area (Å²) in [6, 6.07) is 13.0. The Kier molecular flexibility index (Phi) is 8.94. The molecule has 3 aromatic rings. The van der Waals surface area contributed by atoms with E-state index >= 15 is 0 Å². The first-order valence-electron chi connectivity index (χ1n) is 9.96. The van der Waals surface area contributed by atoms with Gasteiger partial charge in [0.2, 0.25) is 5.65 Å². The molecule has 162 valence electrons. The summed E-state index contributed by atoms with van der Waals surface area (Å²) < 4.78 is 17.4. The monoisotopic (exact) mass is 423 g/mol. The third-order valence-corrected chi connectivity index (χ3v) is 4.33. The van der Waals surface area contributed by atoms with Crippen molar-refractivity contribution in [3.05, 3.63) is 54.2 Å². The molecule has 3 rings (SSSR count). The van der Waals surface area contributed by atoms with Gasteiger partial charge in [-0.15, -0.1) is 11.5 Å². The average Bonchev–Trinajstić information content (AvgIpc) is 3.24. The van der Waals surface area contributed by atoms with Crippen LogP contribution in [0.3, 0.4) is 0 Å². The maximum atomic E-state index is 13.2. The van der Waals surface area contributed by atoms with Crippen LogP contribution in [0.15, 0.2) is 48.7 Å². The van der Waals surface area contributed by atoms with Gasteiger partial charge in [0, 0.05) is 19.3 Å². The maximum Gasteiger partial charge on any atom is 0.347 e. The molecule has 0 atom stereocenters. The van der Waals surface area contributed by atoms with Gasteiger partial charge in [0.15, 0.2) is 0 Å². The number of fused-ring (bicyclic) bond motifs is 1. The second-order valence-electron chi connectivity index (χ2n) is 6.52. The molecule has 0 bridgehead atoms. The first-order chi connectivity index (χ1) is 15.3. The standard InChI is InChI=1S/C22H25N5O4/c1-2-12-29-14-16-31-17-15-30-13-11-26(18-19-7-4-3-5-8-19)22(28)27-20-9-6-10-23-21(20)24-25-27/h1,3-10H,11-18H2. The van der Waals surface area contributed by atoms with Crippen LogP contribution in [0.5, 0.6) is 0 Å². The molecule has 0 aliphatic heterocycles. The predicted molar refractivity (Wildman–Crippen MR) is 114 cm³/mol. The van der Waals surface area contributed by atoms with E-state index in [2.05, 4.69) is 21.2 Å². The van der Waals surface area contributed by atoms with Gasteiger partial charge in [0.25, 0.3) is 0 Å². The number of pyridine rings is 1. The number of hydrogen-bond acceptors (Lipinski definition) is 7. The van der Waals surface area contributed by atoms with E-state index in [-0.39, 0.29) is 12.6 Å². The van der Waals surface area contributed by atoms with Crippen molar-refractivity contribution < 1.29 is 19.0 Å².